The molecule has 0 saturated heterocycles. The van der Waals surface area contributed by atoms with Crippen LogP contribution in [-0.4, -0.2) is 63.3 Å². The van der Waals surface area contributed by atoms with E-state index in [1.54, 1.807) is 0 Å². The van der Waals surface area contributed by atoms with E-state index < -0.39 is 0 Å². The standard InChI is InChI=1S/C20H36N4O2/c1-4-23(5-2)15-7-13-22-14-12-20(25)26-17-16-24(6-3)19-10-8-18(21)9-11-19/h8-11,22H,4-7,12-17,21H2,1-3H3. The van der Waals surface area contributed by atoms with Crippen molar-refractivity contribution in [1.82, 2.24) is 10.2 Å². The van der Waals surface area contributed by atoms with Gasteiger partial charge in [0.25, 0.3) is 0 Å². The molecule has 0 spiro atoms. The summed E-state index contributed by atoms with van der Waals surface area (Å²) in [6, 6.07) is 7.75. The van der Waals surface area contributed by atoms with Crippen molar-refractivity contribution in [2.45, 2.75) is 33.6 Å². The van der Waals surface area contributed by atoms with Crippen molar-refractivity contribution in [3.63, 3.8) is 0 Å². The molecule has 0 heterocycles. The quantitative estimate of drug-likeness (QED) is 0.300. The van der Waals surface area contributed by atoms with Crippen molar-refractivity contribution < 1.29 is 9.53 Å². The van der Waals surface area contributed by atoms with Crippen LogP contribution in [0.15, 0.2) is 24.3 Å². The summed E-state index contributed by atoms with van der Waals surface area (Å²) in [5.41, 5.74) is 7.56. The van der Waals surface area contributed by atoms with Gasteiger partial charge in [-0.05, 0) is 63.8 Å². The normalized spacial score (nSPS) is 10.9. The first kappa shape index (κ1) is 22.3. The number of nitrogens with zero attached hydrogens (tertiary/aromatic N) is 2. The highest BCUT2D eigenvalue weighted by Crippen LogP contribution is 2.15. The SMILES string of the molecule is CCN(CC)CCCNCCC(=O)OCCN(CC)c1ccc(N)cc1. The zero-order valence-corrected chi connectivity index (χ0v) is 16.7. The summed E-state index contributed by atoms with van der Waals surface area (Å²) >= 11 is 0. The fourth-order valence-corrected chi connectivity index (χ4v) is 2.78. The Bertz CT molecular complexity index is 489. The number of nitrogens with one attached hydrogen (secondary N) is 1. The van der Waals surface area contributed by atoms with Crippen LogP contribution < -0.4 is 16.0 Å². The summed E-state index contributed by atoms with van der Waals surface area (Å²) < 4.78 is 5.35. The van der Waals surface area contributed by atoms with E-state index in [-0.39, 0.29) is 5.97 Å². The van der Waals surface area contributed by atoms with E-state index in [1.807, 2.05) is 24.3 Å². The van der Waals surface area contributed by atoms with Gasteiger partial charge in [-0.25, -0.2) is 0 Å². The molecule has 0 atom stereocenters. The lowest BCUT2D eigenvalue weighted by molar-refractivity contribution is -0.143. The average molecular weight is 365 g/mol. The smallest absolute Gasteiger partial charge is 0.307 e. The molecule has 6 heteroatoms. The van der Waals surface area contributed by atoms with Gasteiger partial charge in [0.05, 0.1) is 13.0 Å². The third kappa shape index (κ3) is 9.06. The van der Waals surface area contributed by atoms with Crippen LogP contribution >= 0.6 is 0 Å². The molecule has 1 aromatic rings. The molecule has 0 aromatic heterocycles. The number of nitrogen functional groups attached to an aromatic ring is 1. The van der Waals surface area contributed by atoms with Gasteiger partial charge in [-0.2, -0.15) is 0 Å². The molecule has 148 valence electrons. The Hall–Kier alpha value is -1.79. The Morgan fingerprint density at radius 1 is 1.04 bits per heavy atom. The number of benzene rings is 1. The van der Waals surface area contributed by atoms with Crippen LogP contribution in [0, 0.1) is 0 Å². The molecule has 6 nitrogen and oxygen atoms in total. The highest BCUT2D eigenvalue weighted by atomic mass is 16.5. The van der Waals surface area contributed by atoms with Crippen LogP contribution in [-0.2, 0) is 9.53 Å². The van der Waals surface area contributed by atoms with Gasteiger partial charge >= 0.3 is 5.97 Å². The molecular formula is C20H36N4O2. The summed E-state index contributed by atoms with van der Waals surface area (Å²) in [6.07, 6.45) is 1.52. The number of anilines is 2. The molecule has 0 aliphatic rings. The number of rotatable bonds is 14. The number of ether oxygens (including phenoxy) is 1. The molecule has 0 radical (unpaired) electrons. The minimum Gasteiger partial charge on any atom is -0.464 e. The summed E-state index contributed by atoms with van der Waals surface area (Å²) in [5, 5.41) is 3.31. The number of esters is 1. The van der Waals surface area contributed by atoms with E-state index in [2.05, 4.69) is 35.9 Å². The van der Waals surface area contributed by atoms with E-state index in [0.717, 1.165) is 50.5 Å². The Morgan fingerprint density at radius 3 is 2.35 bits per heavy atom. The maximum absolute atomic E-state index is 11.8. The van der Waals surface area contributed by atoms with E-state index in [1.165, 1.54) is 0 Å². The van der Waals surface area contributed by atoms with Crippen molar-refractivity contribution in [3.8, 4) is 0 Å². The monoisotopic (exact) mass is 364 g/mol. The van der Waals surface area contributed by atoms with Gasteiger partial charge in [-0.3, -0.25) is 4.79 Å². The van der Waals surface area contributed by atoms with Crippen LogP contribution in [0.1, 0.15) is 33.6 Å². The number of carbonyl (C=O) groups is 1. The maximum atomic E-state index is 11.8. The first-order valence-electron chi connectivity index (χ1n) is 9.79. The fraction of sp³-hybridized carbons (Fsp3) is 0.650. The number of nitrogens with two attached hydrogens (primary N) is 1. The zero-order valence-electron chi connectivity index (χ0n) is 16.7. The van der Waals surface area contributed by atoms with Gasteiger partial charge in [0, 0.05) is 24.5 Å². The molecule has 0 aliphatic heterocycles. The van der Waals surface area contributed by atoms with Crippen LogP contribution in [0.5, 0.6) is 0 Å². The number of hydrogen-bond acceptors (Lipinski definition) is 6. The summed E-state index contributed by atoms with van der Waals surface area (Å²) in [7, 11) is 0. The first-order chi connectivity index (χ1) is 12.6. The summed E-state index contributed by atoms with van der Waals surface area (Å²) in [5.74, 6) is -0.144. The van der Waals surface area contributed by atoms with Gasteiger partial charge in [-0.1, -0.05) is 13.8 Å². The van der Waals surface area contributed by atoms with Crippen LogP contribution in [0.4, 0.5) is 11.4 Å². The van der Waals surface area contributed by atoms with Crippen LogP contribution in [0.3, 0.4) is 0 Å². The number of likely N-dealkylation sites (N-methyl/N-ethyl adjacent to an activating group) is 1. The van der Waals surface area contributed by atoms with Gasteiger partial charge in [0.15, 0.2) is 0 Å². The van der Waals surface area contributed by atoms with E-state index in [4.69, 9.17) is 10.5 Å². The Labute approximate surface area is 158 Å². The van der Waals surface area contributed by atoms with Gasteiger partial charge < -0.3 is 25.6 Å². The lowest BCUT2D eigenvalue weighted by Crippen LogP contribution is -2.29. The second-order valence-electron chi connectivity index (χ2n) is 6.27. The third-order valence-electron chi connectivity index (χ3n) is 4.49. The molecular weight excluding hydrogens is 328 g/mol. The molecule has 3 N–H and O–H groups in total. The first-order valence-corrected chi connectivity index (χ1v) is 9.79. The molecule has 1 rings (SSSR count). The zero-order chi connectivity index (χ0) is 19.2. The molecule has 0 aliphatic carbocycles. The number of carbonyl (C=O) groups excluding carboxylic acids is 1. The average Bonchev–Trinajstić information content (AvgIpc) is 2.65. The Balaban J connectivity index is 2.11. The van der Waals surface area contributed by atoms with E-state index in [9.17, 15) is 4.79 Å². The molecule has 0 bridgehead atoms. The number of hydrogen-bond donors (Lipinski definition) is 2. The lowest BCUT2D eigenvalue weighted by Gasteiger charge is -2.23. The predicted molar refractivity (Wildman–Crippen MR) is 110 cm³/mol. The second-order valence-corrected chi connectivity index (χ2v) is 6.27. The third-order valence-corrected chi connectivity index (χ3v) is 4.49. The van der Waals surface area contributed by atoms with Gasteiger partial charge in [0.1, 0.15) is 6.61 Å². The highest BCUT2D eigenvalue weighted by Gasteiger charge is 2.07. The Morgan fingerprint density at radius 2 is 1.73 bits per heavy atom. The summed E-state index contributed by atoms with van der Waals surface area (Å²) in [4.78, 5) is 16.4. The van der Waals surface area contributed by atoms with Crippen molar-refractivity contribution in [3.05, 3.63) is 24.3 Å². The van der Waals surface area contributed by atoms with Crippen molar-refractivity contribution in [1.29, 1.82) is 0 Å². The highest BCUT2D eigenvalue weighted by molar-refractivity contribution is 5.69. The summed E-state index contributed by atoms with van der Waals surface area (Å²) in [6.45, 7) is 13.3. The second kappa shape index (κ2) is 13.4. The van der Waals surface area contributed by atoms with Gasteiger partial charge in [0.2, 0.25) is 0 Å². The lowest BCUT2D eigenvalue weighted by atomic mass is 10.2. The van der Waals surface area contributed by atoms with Crippen LogP contribution in [0.2, 0.25) is 0 Å². The molecule has 0 fully saturated rings. The molecule has 0 amide bonds. The van der Waals surface area contributed by atoms with Gasteiger partial charge in [-0.15, -0.1) is 0 Å². The van der Waals surface area contributed by atoms with Crippen molar-refractivity contribution in [2.75, 3.05) is 63.1 Å². The molecule has 26 heavy (non-hydrogen) atoms. The van der Waals surface area contributed by atoms with E-state index in [0.29, 0.717) is 26.1 Å². The van der Waals surface area contributed by atoms with Crippen molar-refractivity contribution >= 4 is 17.3 Å². The van der Waals surface area contributed by atoms with E-state index >= 15 is 0 Å². The fourth-order valence-electron chi connectivity index (χ4n) is 2.78. The topological polar surface area (TPSA) is 70.8 Å². The van der Waals surface area contributed by atoms with Crippen molar-refractivity contribution in [2.24, 2.45) is 0 Å². The Kier molecular flexibility index (Phi) is 11.5. The largest absolute Gasteiger partial charge is 0.464 e. The molecule has 0 saturated carbocycles. The molecule has 1 aromatic carbocycles. The maximum Gasteiger partial charge on any atom is 0.307 e. The predicted octanol–water partition coefficient (Wildman–Crippen LogP) is 2.35. The van der Waals surface area contributed by atoms with Crippen LogP contribution in [0.25, 0.3) is 0 Å². The minimum atomic E-state index is -0.144. The minimum absolute atomic E-state index is 0.144. The molecule has 0 unspecified atom stereocenters.